The van der Waals surface area contributed by atoms with Crippen LogP contribution >= 0.6 is 0 Å². The van der Waals surface area contributed by atoms with E-state index in [0.29, 0.717) is 17.7 Å². The first-order valence-electron chi connectivity index (χ1n) is 7.49. The minimum Gasteiger partial charge on any atom is -0.496 e. The van der Waals surface area contributed by atoms with Gasteiger partial charge in [-0.1, -0.05) is 17.3 Å². The average Bonchev–Trinajstić information content (AvgIpc) is 3.04. The van der Waals surface area contributed by atoms with E-state index in [1.807, 2.05) is 24.3 Å². The van der Waals surface area contributed by atoms with Gasteiger partial charge < -0.3 is 15.0 Å². The van der Waals surface area contributed by atoms with Gasteiger partial charge in [0, 0.05) is 5.92 Å². The second-order valence-electron chi connectivity index (χ2n) is 5.61. The highest BCUT2D eigenvalue weighted by molar-refractivity contribution is 5.63. The Balaban J connectivity index is 1.78. The van der Waals surface area contributed by atoms with E-state index in [4.69, 9.17) is 15.0 Å². The number of hydrogen-bond donors (Lipinski definition) is 1. The largest absolute Gasteiger partial charge is 0.496 e. The van der Waals surface area contributed by atoms with Gasteiger partial charge in [0.05, 0.1) is 12.7 Å². The highest BCUT2D eigenvalue weighted by atomic mass is 16.5. The fourth-order valence-corrected chi connectivity index (χ4v) is 2.98. The van der Waals surface area contributed by atoms with E-state index in [1.165, 1.54) is 0 Å². The number of nitrogens with zero attached hydrogens (tertiary/aromatic N) is 2. The zero-order valence-corrected chi connectivity index (χ0v) is 12.3. The molecule has 1 fully saturated rings. The summed E-state index contributed by atoms with van der Waals surface area (Å²) >= 11 is 0. The van der Waals surface area contributed by atoms with Gasteiger partial charge in [-0.3, -0.25) is 0 Å². The lowest BCUT2D eigenvalue weighted by atomic mass is 9.82. The van der Waals surface area contributed by atoms with E-state index in [9.17, 15) is 0 Å². The molecule has 21 heavy (non-hydrogen) atoms. The van der Waals surface area contributed by atoms with E-state index >= 15 is 0 Å². The second-order valence-corrected chi connectivity index (χ2v) is 5.61. The zero-order chi connectivity index (χ0) is 14.7. The van der Waals surface area contributed by atoms with Crippen LogP contribution in [-0.2, 0) is 0 Å². The van der Waals surface area contributed by atoms with Crippen LogP contribution in [0.15, 0.2) is 28.8 Å². The van der Waals surface area contributed by atoms with Crippen molar-refractivity contribution in [2.45, 2.75) is 31.6 Å². The summed E-state index contributed by atoms with van der Waals surface area (Å²) in [6, 6.07) is 7.72. The molecule has 2 N–H and O–H groups in total. The molecule has 1 aromatic heterocycles. The smallest absolute Gasteiger partial charge is 0.230 e. The first-order valence-corrected chi connectivity index (χ1v) is 7.49. The van der Waals surface area contributed by atoms with Crippen molar-refractivity contribution in [2.75, 3.05) is 13.7 Å². The molecule has 5 nitrogen and oxygen atoms in total. The van der Waals surface area contributed by atoms with Gasteiger partial charge in [0.2, 0.25) is 11.7 Å². The molecule has 2 aromatic rings. The molecule has 1 heterocycles. The summed E-state index contributed by atoms with van der Waals surface area (Å²) < 4.78 is 10.8. The summed E-state index contributed by atoms with van der Waals surface area (Å²) in [6.07, 6.45) is 4.45. The summed E-state index contributed by atoms with van der Waals surface area (Å²) in [5.74, 6) is 3.12. The molecule has 112 valence electrons. The number of ether oxygens (including phenoxy) is 1. The topological polar surface area (TPSA) is 74.2 Å². The third-order valence-electron chi connectivity index (χ3n) is 4.32. The Hall–Kier alpha value is -1.88. The fourth-order valence-electron chi connectivity index (χ4n) is 2.98. The van der Waals surface area contributed by atoms with Crippen LogP contribution in [0.5, 0.6) is 5.75 Å². The predicted molar refractivity (Wildman–Crippen MR) is 80.0 cm³/mol. The summed E-state index contributed by atoms with van der Waals surface area (Å²) in [4.78, 5) is 4.57. The fraction of sp³-hybridized carbons (Fsp3) is 0.500. The highest BCUT2D eigenvalue weighted by Crippen LogP contribution is 2.36. The van der Waals surface area contributed by atoms with Crippen LogP contribution in [0.25, 0.3) is 11.4 Å². The van der Waals surface area contributed by atoms with E-state index in [0.717, 1.165) is 49.4 Å². The molecule has 1 aliphatic rings. The van der Waals surface area contributed by atoms with Crippen molar-refractivity contribution in [3.8, 4) is 17.1 Å². The van der Waals surface area contributed by atoms with Crippen LogP contribution in [0.2, 0.25) is 0 Å². The molecular formula is C16H21N3O2. The van der Waals surface area contributed by atoms with Crippen molar-refractivity contribution >= 4 is 0 Å². The van der Waals surface area contributed by atoms with Crippen LogP contribution in [0.3, 0.4) is 0 Å². The van der Waals surface area contributed by atoms with E-state index in [2.05, 4.69) is 10.1 Å². The molecule has 0 spiro atoms. The molecule has 0 unspecified atom stereocenters. The Kier molecular flexibility index (Phi) is 4.20. The molecule has 3 rings (SSSR count). The molecule has 1 aromatic carbocycles. The summed E-state index contributed by atoms with van der Waals surface area (Å²) in [5, 5.41) is 4.12. The molecular weight excluding hydrogens is 266 g/mol. The van der Waals surface area contributed by atoms with Gasteiger partial charge in [0.25, 0.3) is 0 Å². The Labute approximate surface area is 124 Å². The summed E-state index contributed by atoms with van der Waals surface area (Å²) in [5.41, 5.74) is 6.60. The number of benzene rings is 1. The normalized spacial score (nSPS) is 22.2. The molecule has 0 saturated heterocycles. The van der Waals surface area contributed by atoms with E-state index in [-0.39, 0.29) is 0 Å². The van der Waals surface area contributed by atoms with Crippen molar-refractivity contribution in [3.05, 3.63) is 30.2 Å². The molecule has 5 heteroatoms. The highest BCUT2D eigenvalue weighted by Gasteiger charge is 2.26. The minimum absolute atomic E-state index is 0.365. The zero-order valence-electron chi connectivity index (χ0n) is 12.3. The molecule has 1 saturated carbocycles. The standard InChI is InChI=1S/C16H21N3O2/c1-20-14-5-3-2-4-13(14)15-18-16(21-19-15)12-8-6-11(10-17)7-9-12/h2-5,11-12H,6-10,17H2,1H3. The second kappa shape index (κ2) is 6.26. The van der Waals surface area contributed by atoms with Crippen LogP contribution in [0.4, 0.5) is 0 Å². The van der Waals surface area contributed by atoms with Gasteiger partial charge in [0.1, 0.15) is 5.75 Å². The maximum Gasteiger partial charge on any atom is 0.230 e. The van der Waals surface area contributed by atoms with Crippen molar-refractivity contribution in [1.29, 1.82) is 0 Å². The monoisotopic (exact) mass is 287 g/mol. The molecule has 0 radical (unpaired) electrons. The number of aromatic nitrogens is 2. The Morgan fingerprint density at radius 3 is 2.71 bits per heavy atom. The quantitative estimate of drug-likeness (QED) is 0.935. The molecule has 1 aliphatic carbocycles. The van der Waals surface area contributed by atoms with Crippen molar-refractivity contribution in [2.24, 2.45) is 11.7 Å². The number of para-hydroxylation sites is 1. The molecule has 0 aliphatic heterocycles. The first-order chi connectivity index (χ1) is 10.3. The third-order valence-corrected chi connectivity index (χ3v) is 4.32. The first kappa shape index (κ1) is 14.1. The van der Waals surface area contributed by atoms with Crippen LogP contribution < -0.4 is 10.5 Å². The Morgan fingerprint density at radius 1 is 1.24 bits per heavy atom. The average molecular weight is 287 g/mol. The van der Waals surface area contributed by atoms with Gasteiger partial charge in [-0.2, -0.15) is 4.98 Å². The number of nitrogens with two attached hydrogens (primary N) is 1. The van der Waals surface area contributed by atoms with Gasteiger partial charge in [0.15, 0.2) is 0 Å². The van der Waals surface area contributed by atoms with Crippen molar-refractivity contribution in [3.63, 3.8) is 0 Å². The Morgan fingerprint density at radius 2 is 2.00 bits per heavy atom. The number of methoxy groups -OCH3 is 1. The van der Waals surface area contributed by atoms with Crippen LogP contribution in [0.1, 0.15) is 37.5 Å². The molecule has 0 bridgehead atoms. The van der Waals surface area contributed by atoms with Gasteiger partial charge in [-0.05, 0) is 50.3 Å². The van der Waals surface area contributed by atoms with Gasteiger partial charge in [-0.25, -0.2) is 0 Å². The molecule has 0 atom stereocenters. The minimum atomic E-state index is 0.365. The molecule has 0 amide bonds. The van der Waals surface area contributed by atoms with Crippen molar-refractivity contribution in [1.82, 2.24) is 10.1 Å². The summed E-state index contributed by atoms with van der Waals surface area (Å²) in [6.45, 7) is 0.781. The van der Waals surface area contributed by atoms with Gasteiger partial charge in [-0.15, -0.1) is 0 Å². The maximum absolute atomic E-state index is 5.73. The van der Waals surface area contributed by atoms with E-state index in [1.54, 1.807) is 7.11 Å². The van der Waals surface area contributed by atoms with E-state index < -0.39 is 0 Å². The number of hydrogen-bond acceptors (Lipinski definition) is 5. The lowest BCUT2D eigenvalue weighted by Crippen LogP contribution is -2.20. The SMILES string of the molecule is COc1ccccc1-c1noc(C2CCC(CN)CC2)n1. The maximum atomic E-state index is 5.73. The van der Waals surface area contributed by atoms with Crippen molar-refractivity contribution < 1.29 is 9.26 Å². The van der Waals surface area contributed by atoms with Crippen LogP contribution in [0, 0.1) is 5.92 Å². The number of rotatable bonds is 4. The van der Waals surface area contributed by atoms with Crippen LogP contribution in [-0.4, -0.2) is 23.8 Å². The summed E-state index contributed by atoms with van der Waals surface area (Å²) in [7, 11) is 1.65. The third kappa shape index (κ3) is 2.93. The lowest BCUT2D eigenvalue weighted by molar-refractivity contribution is 0.275. The van der Waals surface area contributed by atoms with Gasteiger partial charge >= 0.3 is 0 Å². The Bertz CT molecular complexity index is 589. The lowest BCUT2D eigenvalue weighted by Gasteiger charge is -2.24. The predicted octanol–water partition coefficient (Wildman–Crippen LogP) is 2.98.